The van der Waals surface area contributed by atoms with Crippen LogP contribution in [0.25, 0.3) is 21.9 Å². The predicted molar refractivity (Wildman–Crippen MR) is 198 cm³/mol. The second-order valence-electron chi connectivity index (χ2n) is 12.0. The lowest BCUT2D eigenvalue weighted by atomic mass is 9.93. The highest BCUT2D eigenvalue weighted by atomic mass is 16.3. The highest BCUT2D eigenvalue weighted by Crippen LogP contribution is 2.32. The smallest absolute Gasteiger partial charge is 0.126 e. The molecule has 0 fully saturated rings. The van der Waals surface area contributed by atoms with Gasteiger partial charge >= 0.3 is 0 Å². The second-order valence-corrected chi connectivity index (χ2v) is 12.0. The molecule has 0 aliphatic rings. The van der Waals surface area contributed by atoms with E-state index in [2.05, 4.69) is 124 Å². The Hall–Kier alpha value is -3.47. The van der Waals surface area contributed by atoms with Gasteiger partial charge in [-0.15, -0.1) is 6.58 Å². The van der Waals surface area contributed by atoms with Crippen LogP contribution >= 0.6 is 0 Å². The standard InChI is InChI=1S/C27H35NO.C12H18N2.C2H6/c1-4-5-10-27(28-18-17-20(2)19-29)23-14-12-22(13-15-23)25-16-11-21(3)24-8-6-7-9-26(24)25;1-10(2)5-4-7-13-12-9-11(3)6-8-14-12;1-2/h6-9,11-16,20,27-29H,4-5,10,17-19H2,1-3H3;6,8-9H,1,4-5,7H2,2-3H3,(H,13,14);1-2H3. The molecule has 4 heteroatoms. The molecule has 244 valence electrons. The van der Waals surface area contributed by atoms with E-state index >= 15 is 0 Å². The molecule has 4 nitrogen and oxygen atoms in total. The fourth-order valence-corrected chi connectivity index (χ4v) is 5.23. The Morgan fingerprint density at radius 1 is 0.889 bits per heavy atom. The monoisotopic (exact) mass is 609 g/mol. The number of aromatic nitrogens is 1. The van der Waals surface area contributed by atoms with Crippen molar-refractivity contribution in [2.45, 2.75) is 93.0 Å². The average molecular weight is 610 g/mol. The molecule has 0 saturated heterocycles. The van der Waals surface area contributed by atoms with Gasteiger partial charge in [0.15, 0.2) is 0 Å². The van der Waals surface area contributed by atoms with Crippen molar-refractivity contribution >= 4 is 16.6 Å². The van der Waals surface area contributed by atoms with Crippen LogP contribution in [0, 0.1) is 19.8 Å². The van der Waals surface area contributed by atoms with Crippen LogP contribution in [0.15, 0.2) is 91.1 Å². The molecule has 3 aromatic carbocycles. The summed E-state index contributed by atoms with van der Waals surface area (Å²) in [5, 5.41) is 18.9. The summed E-state index contributed by atoms with van der Waals surface area (Å²) in [7, 11) is 0. The lowest BCUT2D eigenvalue weighted by molar-refractivity contribution is 0.228. The molecule has 0 spiro atoms. The number of aliphatic hydroxyl groups is 1. The summed E-state index contributed by atoms with van der Waals surface area (Å²) < 4.78 is 0. The van der Waals surface area contributed by atoms with Crippen molar-refractivity contribution in [3.05, 3.63) is 108 Å². The van der Waals surface area contributed by atoms with Crippen LogP contribution in [-0.2, 0) is 0 Å². The van der Waals surface area contributed by atoms with E-state index in [1.165, 1.54) is 57.0 Å². The predicted octanol–water partition coefficient (Wildman–Crippen LogP) is 10.8. The molecule has 1 heterocycles. The number of fused-ring (bicyclic) bond motifs is 1. The van der Waals surface area contributed by atoms with Gasteiger partial charge in [-0.3, -0.25) is 0 Å². The van der Waals surface area contributed by atoms with Crippen LogP contribution in [0.5, 0.6) is 0 Å². The van der Waals surface area contributed by atoms with Crippen LogP contribution in [0.1, 0.15) is 95.9 Å². The molecular formula is C41H59N3O. The van der Waals surface area contributed by atoms with Crippen LogP contribution in [0.3, 0.4) is 0 Å². The normalized spacial score (nSPS) is 11.9. The largest absolute Gasteiger partial charge is 0.396 e. The molecule has 3 N–H and O–H groups in total. The van der Waals surface area contributed by atoms with Gasteiger partial charge in [0.1, 0.15) is 5.82 Å². The number of hydrogen-bond donors (Lipinski definition) is 3. The Morgan fingerprint density at radius 2 is 1.60 bits per heavy atom. The summed E-state index contributed by atoms with van der Waals surface area (Å²) in [6, 6.07) is 26.7. The van der Waals surface area contributed by atoms with E-state index in [0.29, 0.717) is 12.0 Å². The van der Waals surface area contributed by atoms with Crippen molar-refractivity contribution < 1.29 is 5.11 Å². The summed E-state index contributed by atoms with van der Waals surface area (Å²) in [6.07, 6.45) is 8.61. The molecule has 0 aliphatic heterocycles. The van der Waals surface area contributed by atoms with Gasteiger partial charge in [-0.05, 0) is 110 Å². The number of nitrogens with zero attached hydrogens (tertiary/aromatic N) is 1. The van der Waals surface area contributed by atoms with Gasteiger partial charge < -0.3 is 15.7 Å². The number of anilines is 1. The van der Waals surface area contributed by atoms with Gasteiger partial charge in [-0.2, -0.15) is 0 Å². The maximum absolute atomic E-state index is 9.26. The number of pyridine rings is 1. The highest BCUT2D eigenvalue weighted by molar-refractivity contribution is 5.98. The summed E-state index contributed by atoms with van der Waals surface area (Å²) in [4.78, 5) is 4.22. The Labute approximate surface area is 274 Å². The molecule has 2 atom stereocenters. The van der Waals surface area contributed by atoms with Crippen LogP contribution in [0.4, 0.5) is 5.82 Å². The number of allylic oxidation sites excluding steroid dienone is 1. The third-order valence-corrected chi connectivity index (χ3v) is 7.95. The van der Waals surface area contributed by atoms with Crippen molar-refractivity contribution in [2.75, 3.05) is 25.0 Å². The lowest BCUT2D eigenvalue weighted by Crippen LogP contribution is -2.24. The van der Waals surface area contributed by atoms with Gasteiger partial charge in [0.25, 0.3) is 0 Å². The molecule has 4 aromatic rings. The first-order valence-electron chi connectivity index (χ1n) is 17.1. The van der Waals surface area contributed by atoms with Gasteiger partial charge in [0, 0.05) is 25.4 Å². The highest BCUT2D eigenvalue weighted by Gasteiger charge is 2.12. The van der Waals surface area contributed by atoms with Gasteiger partial charge in [-0.25, -0.2) is 4.98 Å². The zero-order valence-corrected chi connectivity index (χ0v) is 29.1. The summed E-state index contributed by atoms with van der Waals surface area (Å²) in [6.45, 7) is 20.7. The van der Waals surface area contributed by atoms with E-state index < -0.39 is 0 Å². The minimum Gasteiger partial charge on any atom is -0.396 e. The zero-order valence-electron chi connectivity index (χ0n) is 29.1. The first-order valence-corrected chi connectivity index (χ1v) is 17.1. The topological polar surface area (TPSA) is 57.2 Å². The number of unbranched alkanes of at least 4 members (excludes halogenated alkanes) is 1. The van der Waals surface area contributed by atoms with Gasteiger partial charge in [0.2, 0.25) is 0 Å². The Bertz CT molecular complexity index is 1400. The van der Waals surface area contributed by atoms with E-state index in [1.54, 1.807) is 0 Å². The van der Waals surface area contributed by atoms with E-state index in [4.69, 9.17) is 0 Å². The van der Waals surface area contributed by atoms with E-state index in [0.717, 1.165) is 44.6 Å². The first kappa shape index (κ1) is 37.7. The molecule has 2 unspecified atom stereocenters. The van der Waals surface area contributed by atoms with Gasteiger partial charge in [0.05, 0.1) is 0 Å². The Morgan fingerprint density at radius 3 is 2.24 bits per heavy atom. The minimum atomic E-state index is 0.264. The van der Waals surface area contributed by atoms with Crippen LogP contribution in [-0.4, -0.2) is 29.8 Å². The first-order chi connectivity index (χ1) is 21.8. The van der Waals surface area contributed by atoms with Crippen molar-refractivity contribution in [3.63, 3.8) is 0 Å². The number of hydrogen-bond acceptors (Lipinski definition) is 4. The molecule has 0 bridgehead atoms. The van der Waals surface area contributed by atoms with E-state index in [9.17, 15) is 5.11 Å². The third-order valence-electron chi connectivity index (χ3n) is 7.95. The Kier molecular flexibility index (Phi) is 17.9. The fraction of sp³-hybridized carbons (Fsp3) is 0.439. The van der Waals surface area contributed by atoms with Crippen LogP contribution < -0.4 is 10.6 Å². The quantitative estimate of drug-likeness (QED) is 0.0927. The van der Waals surface area contributed by atoms with Crippen molar-refractivity contribution in [1.82, 2.24) is 10.3 Å². The van der Waals surface area contributed by atoms with Crippen molar-refractivity contribution in [2.24, 2.45) is 5.92 Å². The maximum Gasteiger partial charge on any atom is 0.126 e. The zero-order chi connectivity index (χ0) is 33.0. The van der Waals surface area contributed by atoms with E-state index in [-0.39, 0.29) is 6.61 Å². The molecule has 45 heavy (non-hydrogen) atoms. The second kappa shape index (κ2) is 21.3. The average Bonchev–Trinajstić information content (AvgIpc) is 3.06. The minimum absolute atomic E-state index is 0.264. The molecule has 0 saturated carbocycles. The van der Waals surface area contributed by atoms with Gasteiger partial charge in [-0.1, -0.05) is 107 Å². The number of nitrogens with one attached hydrogen (secondary N) is 2. The number of rotatable bonds is 15. The number of benzene rings is 3. The molecular weight excluding hydrogens is 550 g/mol. The fourth-order valence-electron chi connectivity index (χ4n) is 5.23. The van der Waals surface area contributed by atoms with Crippen molar-refractivity contribution in [1.29, 1.82) is 0 Å². The molecule has 4 rings (SSSR count). The van der Waals surface area contributed by atoms with Crippen molar-refractivity contribution in [3.8, 4) is 11.1 Å². The molecule has 0 amide bonds. The molecule has 1 aromatic heterocycles. The summed E-state index contributed by atoms with van der Waals surface area (Å²) in [5.74, 6) is 1.32. The molecule has 0 radical (unpaired) electrons. The summed E-state index contributed by atoms with van der Waals surface area (Å²) in [5.41, 5.74) is 7.73. The summed E-state index contributed by atoms with van der Waals surface area (Å²) >= 11 is 0. The Balaban J connectivity index is 0.000000370. The number of aliphatic hydroxyl groups excluding tert-OH is 1. The van der Waals surface area contributed by atoms with E-state index in [1.807, 2.05) is 26.1 Å². The third kappa shape index (κ3) is 13.2. The van der Waals surface area contributed by atoms with Crippen LogP contribution in [0.2, 0.25) is 0 Å². The lowest BCUT2D eigenvalue weighted by Gasteiger charge is -2.21. The molecule has 0 aliphatic carbocycles. The number of aryl methyl sites for hydroxylation is 2. The SMILES string of the molecule is C=C(C)CCCNc1cc(C)ccn1.CC.CCCCC(NCCC(C)CO)c1ccc(-c2ccc(C)c3ccccc23)cc1. The maximum atomic E-state index is 9.26.